The van der Waals surface area contributed by atoms with E-state index in [1.54, 1.807) is 0 Å². The van der Waals surface area contributed by atoms with Crippen molar-refractivity contribution < 1.29 is 23.5 Å². The predicted molar refractivity (Wildman–Crippen MR) is 67.8 cm³/mol. The summed E-state index contributed by atoms with van der Waals surface area (Å²) in [6.45, 7) is -0.198. The molecule has 108 valence electrons. The number of hydrogen-bond donors (Lipinski definition) is 2. The molecule has 1 amide bonds. The molecule has 0 aromatic heterocycles. The topological polar surface area (TPSA) is 69.6 Å². The Bertz CT molecular complexity index is 536. The van der Waals surface area contributed by atoms with Crippen LogP contribution in [0, 0.1) is 11.6 Å². The highest BCUT2D eigenvalue weighted by Crippen LogP contribution is 2.24. The third-order valence-electron chi connectivity index (χ3n) is 2.97. The molecule has 0 saturated heterocycles. The van der Waals surface area contributed by atoms with E-state index in [9.17, 15) is 18.4 Å². The fourth-order valence-electron chi connectivity index (χ4n) is 1.85. The number of benzene rings is 1. The monoisotopic (exact) mass is 284 g/mol. The average molecular weight is 284 g/mol. The predicted octanol–water partition coefficient (Wildman–Crippen LogP) is 1.38. The summed E-state index contributed by atoms with van der Waals surface area (Å²) >= 11 is 0. The van der Waals surface area contributed by atoms with Crippen LogP contribution in [0.15, 0.2) is 12.1 Å². The summed E-state index contributed by atoms with van der Waals surface area (Å²) in [5.74, 6) is -3.76. The number of halogens is 2. The summed E-state index contributed by atoms with van der Waals surface area (Å²) in [7, 11) is 1.37. The van der Waals surface area contributed by atoms with Gasteiger partial charge in [-0.15, -0.1) is 0 Å². The lowest BCUT2D eigenvalue weighted by Crippen LogP contribution is -2.37. The van der Waals surface area contributed by atoms with Gasteiger partial charge in [0.15, 0.2) is 0 Å². The molecule has 2 N–H and O–H groups in total. The zero-order valence-electron chi connectivity index (χ0n) is 10.8. The van der Waals surface area contributed by atoms with Crippen molar-refractivity contribution in [1.29, 1.82) is 0 Å². The number of hydrogen-bond acceptors (Lipinski definition) is 3. The highest BCUT2D eigenvalue weighted by Gasteiger charge is 2.25. The van der Waals surface area contributed by atoms with Gasteiger partial charge in [-0.25, -0.2) is 13.6 Å². The van der Waals surface area contributed by atoms with Gasteiger partial charge in [0.2, 0.25) is 5.91 Å². The van der Waals surface area contributed by atoms with Crippen molar-refractivity contribution in [3.8, 4) is 0 Å². The van der Waals surface area contributed by atoms with Gasteiger partial charge >= 0.3 is 5.97 Å². The number of amides is 1. The van der Waals surface area contributed by atoms with Gasteiger partial charge in [-0.3, -0.25) is 4.79 Å². The quantitative estimate of drug-likeness (QED) is 0.857. The SMILES string of the molecule is CN(CC(=O)NC1CC1)c1c(F)cc(C(=O)O)cc1F. The summed E-state index contributed by atoms with van der Waals surface area (Å²) in [5.41, 5.74) is -0.888. The van der Waals surface area contributed by atoms with Crippen LogP contribution in [0.4, 0.5) is 14.5 Å². The summed E-state index contributed by atoms with van der Waals surface area (Å²) in [6, 6.07) is 1.63. The molecule has 0 unspecified atom stereocenters. The van der Waals surface area contributed by atoms with Gasteiger partial charge < -0.3 is 15.3 Å². The number of nitrogens with zero attached hydrogens (tertiary/aromatic N) is 1. The minimum atomic E-state index is -1.41. The van der Waals surface area contributed by atoms with E-state index in [2.05, 4.69) is 5.32 Å². The minimum absolute atomic E-state index is 0.167. The smallest absolute Gasteiger partial charge is 0.335 e. The number of carboxylic acids is 1. The molecule has 5 nitrogen and oxygen atoms in total. The van der Waals surface area contributed by atoms with E-state index in [-0.39, 0.29) is 18.5 Å². The second-order valence-electron chi connectivity index (χ2n) is 4.79. The van der Waals surface area contributed by atoms with Crippen LogP contribution < -0.4 is 10.2 Å². The van der Waals surface area contributed by atoms with E-state index in [1.807, 2.05) is 0 Å². The number of carboxylic acid groups (broad SMARTS) is 1. The van der Waals surface area contributed by atoms with Crippen LogP contribution in [-0.2, 0) is 4.79 Å². The van der Waals surface area contributed by atoms with Crippen LogP contribution in [0.2, 0.25) is 0 Å². The third kappa shape index (κ3) is 3.23. The zero-order valence-corrected chi connectivity index (χ0v) is 10.8. The lowest BCUT2D eigenvalue weighted by molar-refractivity contribution is -0.119. The third-order valence-corrected chi connectivity index (χ3v) is 2.97. The Labute approximate surface area is 114 Å². The first-order chi connectivity index (χ1) is 9.38. The summed E-state index contributed by atoms with van der Waals surface area (Å²) in [6.07, 6.45) is 1.84. The van der Waals surface area contributed by atoms with Crippen molar-refractivity contribution >= 4 is 17.6 Å². The Balaban J connectivity index is 2.14. The fraction of sp³-hybridized carbons (Fsp3) is 0.385. The van der Waals surface area contributed by atoms with E-state index < -0.39 is 28.9 Å². The van der Waals surface area contributed by atoms with Gasteiger partial charge in [0.25, 0.3) is 0 Å². The van der Waals surface area contributed by atoms with E-state index >= 15 is 0 Å². The molecule has 1 aliphatic rings. The Hall–Kier alpha value is -2.18. The van der Waals surface area contributed by atoms with E-state index in [0.29, 0.717) is 0 Å². The van der Waals surface area contributed by atoms with Gasteiger partial charge in [0.05, 0.1) is 12.1 Å². The molecule has 1 aromatic rings. The summed E-state index contributed by atoms with van der Waals surface area (Å²) in [4.78, 5) is 23.4. The molecule has 1 saturated carbocycles. The maximum absolute atomic E-state index is 13.8. The number of rotatable bonds is 5. The Morgan fingerprint density at radius 3 is 2.35 bits per heavy atom. The van der Waals surface area contributed by atoms with Crippen molar-refractivity contribution in [2.24, 2.45) is 0 Å². The molecule has 1 aromatic carbocycles. The van der Waals surface area contributed by atoms with E-state index in [0.717, 1.165) is 29.9 Å². The van der Waals surface area contributed by atoms with Gasteiger partial charge in [0.1, 0.15) is 17.3 Å². The van der Waals surface area contributed by atoms with E-state index in [1.165, 1.54) is 7.05 Å². The molecule has 20 heavy (non-hydrogen) atoms. The molecule has 0 bridgehead atoms. The molecule has 0 atom stereocenters. The highest BCUT2D eigenvalue weighted by molar-refractivity contribution is 5.88. The molecule has 7 heteroatoms. The first-order valence-corrected chi connectivity index (χ1v) is 6.11. The molecule has 0 spiro atoms. The van der Waals surface area contributed by atoms with Gasteiger partial charge in [-0.2, -0.15) is 0 Å². The van der Waals surface area contributed by atoms with Crippen molar-refractivity contribution in [2.75, 3.05) is 18.5 Å². The Kier molecular flexibility index (Phi) is 3.87. The average Bonchev–Trinajstić information content (AvgIpc) is 3.11. The molecule has 2 rings (SSSR count). The number of carbonyl (C=O) groups is 2. The van der Waals surface area contributed by atoms with Crippen molar-refractivity contribution in [2.45, 2.75) is 18.9 Å². The van der Waals surface area contributed by atoms with Crippen LogP contribution in [-0.4, -0.2) is 36.6 Å². The number of aromatic carboxylic acids is 1. The molecule has 1 aliphatic carbocycles. The van der Waals surface area contributed by atoms with Crippen molar-refractivity contribution in [3.63, 3.8) is 0 Å². The zero-order chi connectivity index (χ0) is 14.9. The molecule has 1 fully saturated rings. The molecular weight excluding hydrogens is 270 g/mol. The summed E-state index contributed by atoms with van der Waals surface area (Å²) in [5, 5.41) is 11.4. The lowest BCUT2D eigenvalue weighted by atomic mass is 10.1. The normalized spacial score (nSPS) is 13.9. The standard InChI is InChI=1S/C13H14F2N2O3/c1-17(6-11(18)16-8-2-3-8)12-9(14)4-7(13(19)20)5-10(12)15/h4-5,8H,2-3,6H2,1H3,(H,16,18)(H,19,20). The summed E-state index contributed by atoms with van der Waals surface area (Å²) < 4.78 is 27.5. The Morgan fingerprint density at radius 1 is 1.35 bits per heavy atom. The van der Waals surface area contributed by atoms with Crippen molar-refractivity contribution in [1.82, 2.24) is 5.32 Å². The number of anilines is 1. The largest absolute Gasteiger partial charge is 0.478 e. The maximum Gasteiger partial charge on any atom is 0.335 e. The second kappa shape index (κ2) is 5.44. The molecule has 0 radical (unpaired) electrons. The van der Waals surface area contributed by atoms with Crippen LogP contribution in [0.3, 0.4) is 0 Å². The van der Waals surface area contributed by atoms with Gasteiger partial charge in [-0.1, -0.05) is 0 Å². The fourth-order valence-corrected chi connectivity index (χ4v) is 1.85. The van der Waals surface area contributed by atoms with Crippen LogP contribution in [0.25, 0.3) is 0 Å². The lowest BCUT2D eigenvalue weighted by Gasteiger charge is -2.20. The molecule has 0 aliphatic heterocycles. The van der Waals surface area contributed by atoms with Crippen molar-refractivity contribution in [3.05, 3.63) is 29.3 Å². The minimum Gasteiger partial charge on any atom is -0.478 e. The van der Waals surface area contributed by atoms with Crippen LogP contribution in [0.1, 0.15) is 23.2 Å². The number of carbonyl (C=O) groups excluding carboxylic acids is 1. The molecule has 0 heterocycles. The van der Waals surface area contributed by atoms with Crippen LogP contribution >= 0.6 is 0 Å². The second-order valence-corrected chi connectivity index (χ2v) is 4.79. The van der Waals surface area contributed by atoms with Crippen LogP contribution in [0.5, 0.6) is 0 Å². The number of nitrogens with one attached hydrogen (secondary N) is 1. The maximum atomic E-state index is 13.8. The highest BCUT2D eigenvalue weighted by atomic mass is 19.1. The molecular formula is C13H14F2N2O3. The Morgan fingerprint density at radius 2 is 1.90 bits per heavy atom. The first kappa shape index (κ1) is 14.2. The van der Waals surface area contributed by atoms with E-state index in [4.69, 9.17) is 5.11 Å². The first-order valence-electron chi connectivity index (χ1n) is 6.11. The number of likely N-dealkylation sites (N-methyl/N-ethyl adjacent to an activating group) is 1. The van der Waals surface area contributed by atoms with Gasteiger partial charge in [0, 0.05) is 13.1 Å². The van der Waals surface area contributed by atoms with Gasteiger partial charge in [-0.05, 0) is 25.0 Å².